The standard InChI is InChI=1S/C17H17F3N4O2S/c1-10(2)3-5-13(25)11-7-21-24(8-11)9-12-4-6-14(27-12)15-22-16(26-23-15)17(18,19)20/h4,6-8,10H,3,5,9H2,1-2H3. The van der Waals surface area contributed by atoms with Crippen LogP contribution in [-0.2, 0) is 12.7 Å². The first kappa shape index (κ1) is 19.3. The molecular weight excluding hydrogens is 381 g/mol. The molecule has 144 valence electrons. The largest absolute Gasteiger partial charge is 0.471 e. The quantitative estimate of drug-likeness (QED) is 0.540. The molecule has 0 fully saturated rings. The number of hydrogen-bond donors (Lipinski definition) is 0. The van der Waals surface area contributed by atoms with Crippen LogP contribution in [0.25, 0.3) is 10.7 Å². The summed E-state index contributed by atoms with van der Waals surface area (Å²) in [5, 5.41) is 7.55. The molecule has 0 amide bonds. The lowest BCUT2D eigenvalue weighted by Gasteiger charge is -2.01. The molecule has 0 bridgehead atoms. The van der Waals surface area contributed by atoms with E-state index in [2.05, 4.69) is 33.6 Å². The monoisotopic (exact) mass is 398 g/mol. The molecule has 10 heteroatoms. The minimum Gasteiger partial charge on any atom is -0.329 e. The van der Waals surface area contributed by atoms with Crippen LogP contribution in [0, 0.1) is 5.92 Å². The summed E-state index contributed by atoms with van der Waals surface area (Å²) >= 11 is 1.24. The number of carbonyl (C=O) groups is 1. The first-order valence-corrected chi connectivity index (χ1v) is 9.09. The van der Waals surface area contributed by atoms with Crippen molar-refractivity contribution >= 4 is 17.1 Å². The van der Waals surface area contributed by atoms with Gasteiger partial charge in [0.25, 0.3) is 0 Å². The highest BCUT2D eigenvalue weighted by atomic mass is 32.1. The molecule has 0 aliphatic rings. The lowest BCUT2D eigenvalue weighted by molar-refractivity contribution is -0.159. The van der Waals surface area contributed by atoms with Gasteiger partial charge in [0.05, 0.1) is 23.2 Å². The van der Waals surface area contributed by atoms with Crippen molar-refractivity contribution in [1.29, 1.82) is 0 Å². The summed E-state index contributed by atoms with van der Waals surface area (Å²) in [6, 6.07) is 3.38. The molecule has 0 unspecified atom stereocenters. The number of carbonyl (C=O) groups excluding carboxylic acids is 1. The van der Waals surface area contributed by atoms with E-state index >= 15 is 0 Å². The van der Waals surface area contributed by atoms with Crippen LogP contribution >= 0.6 is 11.3 Å². The number of thiophene rings is 1. The third-order valence-corrected chi connectivity index (χ3v) is 4.84. The van der Waals surface area contributed by atoms with Crippen molar-refractivity contribution in [2.24, 2.45) is 5.92 Å². The number of Topliss-reactive ketones (excluding diaryl/α,β-unsaturated/α-hetero) is 1. The fourth-order valence-electron chi connectivity index (χ4n) is 2.34. The topological polar surface area (TPSA) is 73.8 Å². The van der Waals surface area contributed by atoms with E-state index in [0.717, 1.165) is 11.3 Å². The van der Waals surface area contributed by atoms with Crippen molar-refractivity contribution in [3.8, 4) is 10.7 Å². The van der Waals surface area contributed by atoms with Crippen LogP contribution in [-0.4, -0.2) is 25.7 Å². The maximum Gasteiger partial charge on any atom is 0.471 e. The summed E-state index contributed by atoms with van der Waals surface area (Å²) in [7, 11) is 0. The minimum atomic E-state index is -4.67. The molecule has 0 aliphatic heterocycles. The Bertz CT molecular complexity index is 927. The first-order valence-electron chi connectivity index (χ1n) is 8.28. The van der Waals surface area contributed by atoms with Crippen molar-refractivity contribution in [1.82, 2.24) is 19.9 Å². The fraction of sp³-hybridized carbons (Fsp3) is 0.412. The molecule has 0 spiro atoms. The smallest absolute Gasteiger partial charge is 0.329 e. The van der Waals surface area contributed by atoms with Crippen LogP contribution in [0.4, 0.5) is 13.2 Å². The molecule has 0 N–H and O–H groups in total. The summed E-state index contributed by atoms with van der Waals surface area (Å²) in [5.74, 6) is -0.975. The Balaban J connectivity index is 1.66. The number of nitrogens with zero attached hydrogens (tertiary/aromatic N) is 4. The van der Waals surface area contributed by atoms with E-state index in [1.807, 2.05) is 0 Å². The zero-order valence-corrected chi connectivity index (χ0v) is 15.5. The van der Waals surface area contributed by atoms with Gasteiger partial charge in [0, 0.05) is 17.5 Å². The Kier molecular flexibility index (Phi) is 5.45. The van der Waals surface area contributed by atoms with E-state index in [0.29, 0.717) is 29.3 Å². The Labute approximate surface area is 157 Å². The van der Waals surface area contributed by atoms with Crippen molar-refractivity contribution in [3.05, 3.63) is 40.9 Å². The Morgan fingerprint density at radius 2 is 2.11 bits per heavy atom. The zero-order valence-electron chi connectivity index (χ0n) is 14.7. The SMILES string of the molecule is CC(C)CCC(=O)c1cnn(Cc2ccc(-c3noc(C(F)(F)F)n3)s2)c1. The summed E-state index contributed by atoms with van der Waals surface area (Å²) in [4.78, 5) is 16.8. The van der Waals surface area contributed by atoms with Gasteiger partial charge in [-0.2, -0.15) is 23.3 Å². The number of rotatable bonds is 7. The van der Waals surface area contributed by atoms with E-state index < -0.39 is 12.1 Å². The van der Waals surface area contributed by atoms with Crippen LogP contribution in [0.1, 0.15) is 47.8 Å². The van der Waals surface area contributed by atoms with E-state index in [-0.39, 0.29) is 11.6 Å². The van der Waals surface area contributed by atoms with E-state index in [1.165, 1.54) is 17.5 Å². The fourth-order valence-corrected chi connectivity index (χ4v) is 3.27. The predicted octanol–water partition coefficient (Wildman–Crippen LogP) is 4.68. The average Bonchev–Trinajstić information content (AvgIpc) is 3.32. The molecular formula is C17H17F3N4O2S. The van der Waals surface area contributed by atoms with Gasteiger partial charge in [-0.05, 0) is 24.5 Å². The highest BCUT2D eigenvalue weighted by Crippen LogP contribution is 2.31. The van der Waals surface area contributed by atoms with Crippen molar-refractivity contribution < 1.29 is 22.5 Å². The van der Waals surface area contributed by atoms with Crippen LogP contribution < -0.4 is 0 Å². The number of ketones is 1. The van der Waals surface area contributed by atoms with Gasteiger partial charge in [-0.15, -0.1) is 11.3 Å². The molecule has 27 heavy (non-hydrogen) atoms. The first-order chi connectivity index (χ1) is 12.7. The predicted molar refractivity (Wildman–Crippen MR) is 92.3 cm³/mol. The molecule has 3 aromatic heterocycles. The van der Waals surface area contributed by atoms with Gasteiger partial charge < -0.3 is 4.52 Å². The van der Waals surface area contributed by atoms with Gasteiger partial charge in [-0.25, -0.2) is 0 Å². The molecule has 0 aromatic carbocycles. The third-order valence-electron chi connectivity index (χ3n) is 3.77. The number of alkyl halides is 3. The normalized spacial score (nSPS) is 12.1. The second-order valence-corrected chi connectivity index (χ2v) is 7.64. The maximum atomic E-state index is 12.5. The highest BCUT2D eigenvalue weighted by Gasteiger charge is 2.38. The summed E-state index contributed by atoms with van der Waals surface area (Å²) in [5.41, 5.74) is 0.556. The molecule has 3 aromatic rings. The molecule has 0 saturated heterocycles. The van der Waals surface area contributed by atoms with Gasteiger partial charge in [0.1, 0.15) is 0 Å². The number of aromatic nitrogens is 4. The zero-order chi connectivity index (χ0) is 19.6. The molecule has 0 aliphatic carbocycles. The van der Waals surface area contributed by atoms with Gasteiger partial charge in [0.15, 0.2) is 5.78 Å². The average molecular weight is 398 g/mol. The summed E-state index contributed by atoms with van der Waals surface area (Å²) < 4.78 is 43.5. The van der Waals surface area contributed by atoms with E-state index in [1.54, 1.807) is 23.0 Å². The summed E-state index contributed by atoms with van der Waals surface area (Å²) in [6.07, 6.45) is -0.155. The lowest BCUT2D eigenvalue weighted by Crippen LogP contribution is -2.04. The molecule has 3 heterocycles. The minimum absolute atomic E-state index is 0.0493. The molecule has 3 rings (SSSR count). The molecule has 0 saturated carbocycles. The molecule has 0 atom stereocenters. The Morgan fingerprint density at radius 3 is 2.78 bits per heavy atom. The molecule has 6 nitrogen and oxygen atoms in total. The van der Waals surface area contributed by atoms with Gasteiger partial charge in [-0.3, -0.25) is 9.48 Å². The maximum absolute atomic E-state index is 12.5. The lowest BCUT2D eigenvalue weighted by atomic mass is 10.0. The van der Waals surface area contributed by atoms with Crippen molar-refractivity contribution in [2.75, 3.05) is 0 Å². The number of hydrogen-bond acceptors (Lipinski definition) is 6. The van der Waals surface area contributed by atoms with Gasteiger partial charge >= 0.3 is 12.1 Å². The third kappa shape index (κ3) is 4.82. The van der Waals surface area contributed by atoms with Crippen molar-refractivity contribution in [2.45, 2.75) is 39.4 Å². The van der Waals surface area contributed by atoms with E-state index in [9.17, 15) is 18.0 Å². The second-order valence-electron chi connectivity index (χ2n) is 6.47. The van der Waals surface area contributed by atoms with Crippen LogP contribution in [0.5, 0.6) is 0 Å². The van der Waals surface area contributed by atoms with Crippen LogP contribution in [0.2, 0.25) is 0 Å². The summed E-state index contributed by atoms with van der Waals surface area (Å²) in [6.45, 7) is 4.52. The Morgan fingerprint density at radius 1 is 1.33 bits per heavy atom. The highest BCUT2D eigenvalue weighted by molar-refractivity contribution is 7.15. The number of halogens is 3. The molecule has 0 radical (unpaired) electrons. The van der Waals surface area contributed by atoms with Crippen LogP contribution in [0.3, 0.4) is 0 Å². The van der Waals surface area contributed by atoms with Crippen molar-refractivity contribution in [3.63, 3.8) is 0 Å². The van der Waals surface area contributed by atoms with E-state index in [4.69, 9.17) is 0 Å². The van der Waals surface area contributed by atoms with Gasteiger partial charge in [-0.1, -0.05) is 19.0 Å². The Hall–Kier alpha value is -2.49. The second kappa shape index (κ2) is 7.63. The van der Waals surface area contributed by atoms with Gasteiger partial charge in [0.2, 0.25) is 5.82 Å². The van der Waals surface area contributed by atoms with Crippen LogP contribution in [0.15, 0.2) is 29.0 Å².